The topological polar surface area (TPSA) is 29.9 Å². The third-order valence-corrected chi connectivity index (χ3v) is 3.97. The molecule has 4 heteroatoms. The number of benzene rings is 1. The van der Waals surface area contributed by atoms with E-state index >= 15 is 0 Å². The van der Waals surface area contributed by atoms with Gasteiger partial charge in [0.25, 0.3) is 0 Å². The molecule has 1 N–H and O–H groups in total. The van der Waals surface area contributed by atoms with Crippen LogP contribution in [0.1, 0.15) is 42.4 Å². The van der Waals surface area contributed by atoms with Gasteiger partial charge in [-0.1, -0.05) is 11.6 Å². The Labute approximate surface area is 126 Å². The fourth-order valence-corrected chi connectivity index (χ4v) is 2.97. The predicted molar refractivity (Wildman–Crippen MR) is 85.6 cm³/mol. The lowest BCUT2D eigenvalue weighted by atomic mass is 10.1. The minimum absolute atomic E-state index is 0.218. The summed E-state index contributed by atoms with van der Waals surface area (Å²) in [6.45, 7) is 11.5. The number of hydrogen-bond donors (Lipinski definition) is 1. The summed E-state index contributed by atoms with van der Waals surface area (Å²) in [7, 11) is 0. The maximum Gasteiger partial charge on any atom is 0.0649 e. The van der Waals surface area contributed by atoms with Gasteiger partial charge in [0.2, 0.25) is 0 Å². The first-order valence-corrected chi connectivity index (χ1v) is 7.38. The summed E-state index contributed by atoms with van der Waals surface area (Å²) in [5.41, 5.74) is 5.88. The van der Waals surface area contributed by atoms with Gasteiger partial charge in [0.05, 0.1) is 11.7 Å². The molecule has 20 heavy (non-hydrogen) atoms. The summed E-state index contributed by atoms with van der Waals surface area (Å²) in [5.74, 6) is 0. The van der Waals surface area contributed by atoms with Crippen molar-refractivity contribution in [3.8, 4) is 0 Å². The number of halogens is 1. The van der Waals surface area contributed by atoms with E-state index in [0.717, 1.165) is 28.5 Å². The Morgan fingerprint density at radius 3 is 2.55 bits per heavy atom. The molecule has 108 valence electrons. The summed E-state index contributed by atoms with van der Waals surface area (Å²) in [4.78, 5) is 0. The van der Waals surface area contributed by atoms with Gasteiger partial charge in [0, 0.05) is 28.5 Å². The highest BCUT2D eigenvalue weighted by Crippen LogP contribution is 2.27. The summed E-state index contributed by atoms with van der Waals surface area (Å²) < 4.78 is 2.05. The van der Waals surface area contributed by atoms with Crippen LogP contribution in [0.2, 0.25) is 5.02 Å². The second kappa shape index (κ2) is 5.88. The fourth-order valence-electron chi connectivity index (χ4n) is 2.74. The molecule has 0 bridgehead atoms. The maximum atomic E-state index is 6.00. The Hall–Kier alpha value is -1.48. The minimum Gasteiger partial charge on any atom is -0.378 e. The first-order valence-electron chi connectivity index (χ1n) is 7.00. The Kier molecular flexibility index (Phi) is 4.39. The molecule has 0 spiro atoms. The number of anilines is 1. The van der Waals surface area contributed by atoms with E-state index in [1.165, 1.54) is 11.3 Å². The molecule has 0 fully saturated rings. The summed E-state index contributed by atoms with van der Waals surface area (Å²) in [5, 5.41) is 8.91. The average molecular weight is 292 g/mol. The fraction of sp³-hybridized carbons (Fsp3) is 0.438. The molecule has 0 aliphatic heterocycles. The molecule has 2 aromatic rings. The molecule has 0 saturated heterocycles. The van der Waals surface area contributed by atoms with Crippen LogP contribution in [0.5, 0.6) is 0 Å². The molecule has 0 amide bonds. The van der Waals surface area contributed by atoms with Crippen molar-refractivity contribution in [2.24, 2.45) is 0 Å². The van der Waals surface area contributed by atoms with Crippen molar-refractivity contribution < 1.29 is 0 Å². The van der Waals surface area contributed by atoms with Crippen molar-refractivity contribution in [2.45, 2.75) is 47.2 Å². The Balaban J connectivity index is 2.28. The van der Waals surface area contributed by atoms with Gasteiger partial charge in [-0.15, -0.1) is 0 Å². The minimum atomic E-state index is 0.218. The van der Waals surface area contributed by atoms with Crippen molar-refractivity contribution >= 4 is 17.3 Å². The van der Waals surface area contributed by atoms with Crippen LogP contribution >= 0.6 is 11.6 Å². The quantitative estimate of drug-likeness (QED) is 0.888. The van der Waals surface area contributed by atoms with Crippen LogP contribution in [0.25, 0.3) is 0 Å². The Morgan fingerprint density at radius 2 is 2.00 bits per heavy atom. The van der Waals surface area contributed by atoms with E-state index in [0.29, 0.717) is 0 Å². The van der Waals surface area contributed by atoms with Crippen molar-refractivity contribution in [1.29, 1.82) is 0 Å². The van der Waals surface area contributed by atoms with Crippen LogP contribution in [0.3, 0.4) is 0 Å². The number of nitrogens with zero attached hydrogens (tertiary/aromatic N) is 2. The molecule has 1 heterocycles. The van der Waals surface area contributed by atoms with E-state index in [1.54, 1.807) is 0 Å². The molecule has 1 aromatic heterocycles. The van der Waals surface area contributed by atoms with Gasteiger partial charge < -0.3 is 5.32 Å². The average Bonchev–Trinajstić information content (AvgIpc) is 2.67. The molecular formula is C16H22ClN3. The number of aryl methyl sites for hydroxylation is 3. The number of rotatable bonds is 4. The van der Waals surface area contributed by atoms with Gasteiger partial charge in [-0.25, -0.2) is 0 Å². The number of aromatic nitrogens is 2. The normalized spacial score (nSPS) is 12.5. The monoisotopic (exact) mass is 291 g/mol. The first-order chi connectivity index (χ1) is 9.43. The van der Waals surface area contributed by atoms with E-state index in [-0.39, 0.29) is 6.04 Å². The van der Waals surface area contributed by atoms with Crippen LogP contribution in [0.15, 0.2) is 18.2 Å². The second-order valence-corrected chi connectivity index (χ2v) is 5.66. The molecule has 1 unspecified atom stereocenters. The zero-order valence-electron chi connectivity index (χ0n) is 12.8. The smallest absolute Gasteiger partial charge is 0.0649 e. The van der Waals surface area contributed by atoms with Crippen molar-refractivity contribution in [1.82, 2.24) is 9.78 Å². The second-order valence-electron chi connectivity index (χ2n) is 5.23. The number of nitrogens with one attached hydrogen (secondary N) is 1. The molecule has 0 radical (unpaired) electrons. The highest BCUT2D eigenvalue weighted by Gasteiger charge is 2.17. The van der Waals surface area contributed by atoms with Gasteiger partial charge in [-0.3, -0.25) is 4.68 Å². The van der Waals surface area contributed by atoms with Gasteiger partial charge in [-0.05, 0) is 58.4 Å². The molecular weight excluding hydrogens is 270 g/mol. The van der Waals surface area contributed by atoms with Gasteiger partial charge in [0.15, 0.2) is 0 Å². The summed E-state index contributed by atoms with van der Waals surface area (Å²) >= 11 is 6.00. The van der Waals surface area contributed by atoms with Crippen LogP contribution in [0, 0.1) is 20.8 Å². The standard InChI is InChI=1S/C16H22ClN3/c1-6-20-13(5)16(12(4)19-20)11(3)18-15-8-7-14(17)9-10(15)2/h7-9,11,18H,6H2,1-5H3. The molecule has 0 aliphatic rings. The third kappa shape index (κ3) is 2.83. The first kappa shape index (κ1) is 14.9. The van der Waals surface area contributed by atoms with Crippen LogP contribution < -0.4 is 5.32 Å². The Morgan fingerprint density at radius 1 is 1.30 bits per heavy atom. The lowest BCUT2D eigenvalue weighted by Crippen LogP contribution is -2.10. The molecule has 3 nitrogen and oxygen atoms in total. The highest BCUT2D eigenvalue weighted by molar-refractivity contribution is 6.30. The molecule has 2 rings (SSSR count). The zero-order chi connectivity index (χ0) is 14.9. The van der Waals surface area contributed by atoms with E-state index in [9.17, 15) is 0 Å². The summed E-state index contributed by atoms with van der Waals surface area (Å²) in [6, 6.07) is 6.14. The molecule has 0 saturated carbocycles. The molecule has 0 aliphatic carbocycles. The van der Waals surface area contributed by atoms with Crippen molar-refractivity contribution in [3.63, 3.8) is 0 Å². The third-order valence-electron chi connectivity index (χ3n) is 3.73. The maximum absolute atomic E-state index is 6.00. The Bertz CT molecular complexity index is 616. The lowest BCUT2D eigenvalue weighted by molar-refractivity contribution is 0.632. The number of hydrogen-bond acceptors (Lipinski definition) is 2. The van der Waals surface area contributed by atoms with E-state index in [2.05, 4.69) is 49.7 Å². The lowest BCUT2D eigenvalue weighted by Gasteiger charge is -2.18. The van der Waals surface area contributed by atoms with Crippen LogP contribution in [-0.4, -0.2) is 9.78 Å². The van der Waals surface area contributed by atoms with Crippen molar-refractivity contribution in [3.05, 3.63) is 45.7 Å². The van der Waals surface area contributed by atoms with E-state index in [1.807, 2.05) is 18.2 Å². The molecule has 1 aromatic carbocycles. The van der Waals surface area contributed by atoms with Gasteiger partial charge in [-0.2, -0.15) is 5.10 Å². The van der Waals surface area contributed by atoms with Gasteiger partial charge >= 0.3 is 0 Å². The van der Waals surface area contributed by atoms with Gasteiger partial charge in [0.1, 0.15) is 0 Å². The van der Waals surface area contributed by atoms with Crippen LogP contribution in [0.4, 0.5) is 5.69 Å². The van der Waals surface area contributed by atoms with E-state index in [4.69, 9.17) is 11.6 Å². The predicted octanol–water partition coefficient (Wildman–Crippen LogP) is 4.65. The zero-order valence-corrected chi connectivity index (χ0v) is 13.5. The summed E-state index contributed by atoms with van der Waals surface area (Å²) in [6.07, 6.45) is 0. The SMILES string of the molecule is CCn1nc(C)c(C(C)Nc2ccc(Cl)cc2C)c1C. The van der Waals surface area contributed by atoms with Crippen LogP contribution in [-0.2, 0) is 6.54 Å². The molecule has 1 atom stereocenters. The highest BCUT2D eigenvalue weighted by atomic mass is 35.5. The van der Waals surface area contributed by atoms with E-state index < -0.39 is 0 Å². The largest absolute Gasteiger partial charge is 0.378 e. The van der Waals surface area contributed by atoms with Crippen molar-refractivity contribution in [2.75, 3.05) is 5.32 Å².